The van der Waals surface area contributed by atoms with Crippen molar-refractivity contribution >= 4 is 12.4 Å². The fourth-order valence-electron chi connectivity index (χ4n) is 1.48. The van der Waals surface area contributed by atoms with Crippen molar-refractivity contribution in [2.24, 2.45) is 0 Å². The topological polar surface area (TPSA) is 30.5 Å². The fourth-order valence-corrected chi connectivity index (χ4v) is 1.48. The van der Waals surface area contributed by atoms with Gasteiger partial charge in [-0.1, -0.05) is 26.0 Å². The van der Waals surface area contributed by atoms with E-state index in [1.165, 1.54) is 6.07 Å². The monoisotopic (exact) mass is 265 g/mol. The van der Waals surface area contributed by atoms with E-state index < -0.39 is 6.29 Å². The normalized spacial score (nSPS) is 15.8. The van der Waals surface area contributed by atoms with Crippen molar-refractivity contribution in [2.45, 2.75) is 32.7 Å². The van der Waals surface area contributed by atoms with Gasteiger partial charge < -0.3 is 14.8 Å². The second-order valence-electron chi connectivity index (χ2n) is 3.95. The van der Waals surface area contributed by atoms with E-state index >= 15 is 0 Å². The number of benzene rings is 1. The lowest BCUT2D eigenvalue weighted by Crippen LogP contribution is -2.26. The van der Waals surface area contributed by atoms with Crippen LogP contribution in [0.15, 0.2) is 18.2 Å². The maximum Gasteiger partial charge on any atom is 0.586 e. The third kappa shape index (κ3) is 3.20. The van der Waals surface area contributed by atoms with Gasteiger partial charge in [0.05, 0.1) is 0 Å². The lowest BCUT2D eigenvalue weighted by molar-refractivity contribution is -0.286. The van der Waals surface area contributed by atoms with Gasteiger partial charge in [0.2, 0.25) is 0 Å². The summed E-state index contributed by atoms with van der Waals surface area (Å²) < 4.78 is 34.5. The molecule has 1 N–H and O–H groups in total. The molecule has 1 aromatic carbocycles. The molecule has 0 amide bonds. The minimum Gasteiger partial charge on any atom is -0.395 e. The number of ether oxygens (including phenoxy) is 2. The van der Waals surface area contributed by atoms with E-state index in [1.807, 2.05) is 13.8 Å². The molecule has 1 aliphatic heterocycles. The Bertz CT molecular complexity index is 399. The number of halogens is 3. The molecule has 0 saturated carbocycles. The third-order valence-corrected chi connectivity index (χ3v) is 2.21. The molecule has 0 aliphatic carbocycles. The molecule has 0 atom stereocenters. The van der Waals surface area contributed by atoms with Gasteiger partial charge in [-0.15, -0.1) is 21.2 Å². The maximum absolute atomic E-state index is 12.9. The van der Waals surface area contributed by atoms with Crippen LogP contribution in [0, 0.1) is 0 Å². The summed E-state index contributed by atoms with van der Waals surface area (Å²) >= 11 is 0. The minimum absolute atomic E-state index is 0. The number of fused-ring (bicyclic) bond motifs is 1. The lowest BCUT2D eigenvalue weighted by atomic mass is 10.2. The average Bonchev–Trinajstić information content (AvgIpc) is 2.48. The van der Waals surface area contributed by atoms with E-state index in [9.17, 15) is 8.78 Å². The molecule has 1 heterocycles. The van der Waals surface area contributed by atoms with Crippen molar-refractivity contribution in [3.8, 4) is 11.5 Å². The van der Waals surface area contributed by atoms with Crippen molar-refractivity contribution in [1.29, 1.82) is 0 Å². The summed E-state index contributed by atoms with van der Waals surface area (Å²) in [7, 11) is 0. The van der Waals surface area contributed by atoms with E-state index in [2.05, 4.69) is 14.8 Å². The Morgan fingerprint density at radius 2 is 2.00 bits per heavy atom. The summed E-state index contributed by atoms with van der Waals surface area (Å²) in [6.45, 7) is 4.44. The Kier molecular flexibility index (Phi) is 4.16. The number of alkyl halides is 2. The summed E-state index contributed by atoms with van der Waals surface area (Å²) in [6, 6.07) is 5.15. The zero-order valence-electron chi connectivity index (χ0n) is 9.50. The predicted octanol–water partition coefficient (Wildman–Crippen LogP) is 2.93. The molecular formula is C11H14ClF2NO2. The first-order valence-corrected chi connectivity index (χ1v) is 5.09. The first kappa shape index (κ1) is 14.0. The summed E-state index contributed by atoms with van der Waals surface area (Å²) in [4.78, 5) is 0. The standard InChI is InChI=1S/C11H13F2NO2.ClH/c1-7(2)14-6-8-4-3-5-9-10(8)16-11(12,13)15-9;/h3-5,7,14H,6H2,1-2H3;1H. The molecule has 0 aromatic heterocycles. The van der Waals surface area contributed by atoms with Crippen LogP contribution in [-0.4, -0.2) is 12.3 Å². The molecule has 0 fully saturated rings. The molecule has 1 aliphatic rings. The van der Waals surface area contributed by atoms with Gasteiger partial charge in [0.25, 0.3) is 0 Å². The zero-order chi connectivity index (χ0) is 11.8. The Hall–Kier alpha value is -1.07. The Balaban J connectivity index is 0.00000144. The lowest BCUT2D eigenvalue weighted by Gasteiger charge is -2.10. The molecule has 0 radical (unpaired) electrons. The highest BCUT2D eigenvalue weighted by Crippen LogP contribution is 2.43. The Labute approximate surface area is 105 Å². The van der Waals surface area contributed by atoms with Crippen molar-refractivity contribution in [1.82, 2.24) is 5.32 Å². The average molecular weight is 266 g/mol. The second-order valence-corrected chi connectivity index (χ2v) is 3.95. The second kappa shape index (κ2) is 5.06. The molecule has 0 spiro atoms. The Morgan fingerprint density at radius 1 is 1.29 bits per heavy atom. The van der Waals surface area contributed by atoms with Gasteiger partial charge >= 0.3 is 6.29 Å². The van der Waals surface area contributed by atoms with Gasteiger partial charge in [0, 0.05) is 18.2 Å². The quantitative estimate of drug-likeness (QED) is 0.912. The van der Waals surface area contributed by atoms with Gasteiger partial charge in [-0.2, -0.15) is 0 Å². The van der Waals surface area contributed by atoms with E-state index in [0.717, 1.165) is 0 Å². The summed E-state index contributed by atoms with van der Waals surface area (Å²) in [5, 5.41) is 3.14. The molecule has 1 aromatic rings. The largest absolute Gasteiger partial charge is 0.586 e. The first-order chi connectivity index (χ1) is 7.48. The van der Waals surface area contributed by atoms with Crippen LogP contribution in [0.3, 0.4) is 0 Å². The van der Waals surface area contributed by atoms with E-state index in [-0.39, 0.29) is 29.9 Å². The number of hydrogen-bond acceptors (Lipinski definition) is 3. The molecule has 17 heavy (non-hydrogen) atoms. The van der Waals surface area contributed by atoms with Crippen molar-refractivity contribution in [2.75, 3.05) is 0 Å². The number of hydrogen-bond donors (Lipinski definition) is 1. The highest BCUT2D eigenvalue weighted by molar-refractivity contribution is 5.85. The first-order valence-electron chi connectivity index (χ1n) is 5.09. The number of nitrogens with one attached hydrogen (secondary N) is 1. The van der Waals surface area contributed by atoms with Crippen LogP contribution < -0.4 is 14.8 Å². The summed E-state index contributed by atoms with van der Waals surface area (Å²) in [6.07, 6.45) is -3.55. The van der Waals surface area contributed by atoms with Crippen LogP contribution in [-0.2, 0) is 6.54 Å². The van der Waals surface area contributed by atoms with Crippen LogP contribution in [0.5, 0.6) is 11.5 Å². The van der Waals surface area contributed by atoms with Gasteiger partial charge in [-0.25, -0.2) is 0 Å². The molecule has 2 rings (SSSR count). The smallest absolute Gasteiger partial charge is 0.395 e. The Morgan fingerprint density at radius 3 is 2.65 bits per heavy atom. The maximum atomic E-state index is 12.9. The highest BCUT2D eigenvalue weighted by atomic mass is 35.5. The third-order valence-electron chi connectivity index (χ3n) is 2.21. The van der Waals surface area contributed by atoms with E-state index in [1.54, 1.807) is 12.1 Å². The fraction of sp³-hybridized carbons (Fsp3) is 0.455. The SMILES string of the molecule is CC(C)NCc1cccc2c1OC(F)(F)O2.Cl. The van der Waals surface area contributed by atoms with Crippen molar-refractivity contribution in [3.05, 3.63) is 23.8 Å². The van der Waals surface area contributed by atoms with Gasteiger partial charge in [0.15, 0.2) is 11.5 Å². The van der Waals surface area contributed by atoms with Crippen LogP contribution in [0.25, 0.3) is 0 Å². The molecule has 6 heteroatoms. The van der Waals surface area contributed by atoms with Crippen LogP contribution in [0.4, 0.5) is 8.78 Å². The number of rotatable bonds is 3. The molecule has 0 bridgehead atoms. The molecular weight excluding hydrogens is 252 g/mol. The van der Waals surface area contributed by atoms with Gasteiger partial charge in [0.1, 0.15) is 0 Å². The summed E-state index contributed by atoms with van der Waals surface area (Å²) in [5.41, 5.74) is 0.670. The van der Waals surface area contributed by atoms with E-state index in [4.69, 9.17) is 0 Å². The number of para-hydroxylation sites is 1. The molecule has 96 valence electrons. The van der Waals surface area contributed by atoms with Gasteiger partial charge in [-0.05, 0) is 6.07 Å². The van der Waals surface area contributed by atoms with Crippen molar-refractivity contribution in [3.63, 3.8) is 0 Å². The highest BCUT2D eigenvalue weighted by Gasteiger charge is 2.44. The molecule has 3 nitrogen and oxygen atoms in total. The van der Waals surface area contributed by atoms with E-state index in [0.29, 0.717) is 12.1 Å². The van der Waals surface area contributed by atoms with Crippen molar-refractivity contribution < 1.29 is 18.3 Å². The predicted molar refractivity (Wildman–Crippen MR) is 61.9 cm³/mol. The summed E-state index contributed by atoms with van der Waals surface area (Å²) in [5.74, 6) is 0.216. The molecule has 0 unspecified atom stereocenters. The molecule has 0 saturated heterocycles. The van der Waals surface area contributed by atoms with Crippen LogP contribution in [0.2, 0.25) is 0 Å². The van der Waals surface area contributed by atoms with Crippen LogP contribution in [0.1, 0.15) is 19.4 Å². The van der Waals surface area contributed by atoms with Gasteiger partial charge in [-0.3, -0.25) is 0 Å². The van der Waals surface area contributed by atoms with Crippen LogP contribution >= 0.6 is 12.4 Å². The minimum atomic E-state index is -3.55. The zero-order valence-corrected chi connectivity index (χ0v) is 10.3.